The first-order valence-corrected chi connectivity index (χ1v) is 8.09. The second kappa shape index (κ2) is 10.4. The number of hydrogen-bond donors (Lipinski definition) is 4. The first kappa shape index (κ1) is 29.0. The van der Waals surface area contributed by atoms with Crippen LogP contribution >= 0.6 is 0 Å². The standard InChI is InChI=1S/C3H8O2.2C2H2F4O3S/c1-3(5)2-4;2*3-1(4)2(5,6)10(7,8)9/h3-5H,2H2,1H3;2*1H,(H,7,8,9). The van der Waals surface area contributed by atoms with Gasteiger partial charge in [0.2, 0.25) is 0 Å². The van der Waals surface area contributed by atoms with Crippen LogP contribution in [0.2, 0.25) is 0 Å². The molecule has 156 valence electrons. The van der Waals surface area contributed by atoms with E-state index in [0.29, 0.717) is 0 Å². The Morgan fingerprint density at radius 3 is 0.960 bits per heavy atom. The van der Waals surface area contributed by atoms with Crippen LogP contribution in [0.1, 0.15) is 6.92 Å². The number of aliphatic hydroxyl groups is 2. The number of alkyl halides is 8. The summed E-state index contributed by atoms with van der Waals surface area (Å²) in [4.78, 5) is 0. The summed E-state index contributed by atoms with van der Waals surface area (Å²) in [6.07, 6.45) is -9.39. The van der Waals surface area contributed by atoms with Crippen LogP contribution in [0.4, 0.5) is 35.1 Å². The molecule has 0 saturated carbocycles. The fourth-order valence-electron chi connectivity index (χ4n) is 0.225. The molecule has 0 radical (unpaired) electrons. The largest absolute Gasteiger partial charge is 0.428 e. The van der Waals surface area contributed by atoms with E-state index in [1.165, 1.54) is 6.92 Å². The molecule has 8 nitrogen and oxygen atoms in total. The van der Waals surface area contributed by atoms with Crippen LogP contribution in [0.25, 0.3) is 0 Å². The van der Waals surface area contributed by atoms with Gasteiger partial charge in [-0.1, -0.05) is 0 Å². The third-order valence-electron chi connectivity index (χ3n) is 1.46. The van der Waals surface area contributed by atoms with Crippen molar-refractivity contribution < 1.29 is 71.3 Å². The first-order valence-electron chi connectivity index (χ1n) is 5.21. The van der Waals surface area contributed by atoms with Gasteiger partial charge in [-0.15, -0.1) is 0 Å². The van der Waals surface area contributed by atoms with Crippen LogP contribution in [0.3, 0.4) is 0 Å². The molecule has 0 aliphatic carbocycles. The van der Waals surface area contributed by atoms with Gasteiger partial charge in [0, 0.05) is 0 Å². The number of rotatable bonds is 5. The fourth-order valence-corrected chi connectivity index (χ4v) is 0.675. The van der Waals surface area contributed by atoms with Gasteiger partial charge in [0.25, 0.3) is 0 Å². The zero-order chi connectivity index (χ0) is 21.4. The quantitative estimate of drug-likeness (QED) is 0.363. The Labute approximate surface area is 135 Å². The zero-order valence-electron chi connectivity index (χ0n) is 11.7. The van der Waals surface area contributed by atoms with Gasteiger partial charge in [-0.25, -0.2) is 17.6 Å². The Morgan fingerprint density at radius 1 is 0.800 bits per heavy atom. The highest BCUT2D eigenvalue weighted by molar-refractivity contribution is 7.87. The predicted octanol–water partition coefficient (Wildman–Crippen LogP) is 0.824. The molecule has 0 saturated heterocycles. The molecule has 25 heavy (non-hydrogen) atoms. The Hall–Kier alpha value is -0.820. The summed E-state index contributed by atoms with van der Waals surface area (Å²) in [7, 11) is -12.0. The molecule has 0 aromatic heterocycles. The van der Waals surface area contributed by atoms with Gasteiger partial charge < -0.3 is 10.2 Å². The topological polar surface area (TPSA) is 149 Å². The molecular weight excluding hydrogens is 428 g/mol. The third-order valence-corrected chi connectivity index (χ3v) is 3.19. The van der Waals surface area contributed by atoms with Gasteiger partial charge in [0.1, 0.15) is 0 Å². The van der Waals surface area contributed by atoms with Crippen LogP contribution in [0.5, 0.6) is 0 Å². The van der Waals surface area contributed by atoms with Crippen molar-refractivity contribution in [1.29, 1.82) is 0 Å². The number of aliphatic hydroxyl groups excluding tert-OH is 2. The molecule has 1 unspecified atom stereocenters. The van der Waals surface area contributed by atoms with Crippen molar-refractivity contribution in [2.45, 2.75) is 36.4 Å². The minimum Gasteiger partial charge on any atom is -0.394 e. The van der Waals surface area contributed by atoms with Crippen LogP contribution in [-0.4, -0.2) is 72.2 Å². The molecule has 0 bridgehead atoms. The van der Waals surface area contributed by atoms with Crippen LogP contribution in [-0.2, 0) is 20.2 Å². The minimum absolute atomic E-state index is 0.139. The molecule has 0 aliphatic rings. The van der Waals surface area contributed by atoms with Gasteiger partial charge in [-0.3, -0.25) is 9.11 Å². The molecule has 18 heteroatoms. The van der Waals surface area contributed by atoms with Crippen molar-refractivity contribution in [3.8, 4) is 0 Å². The lowest BCUT2D eigenvalue weighted by molar-refractivity contribution is -0.0687. The highest BCUT2D eigenvalue weighted by Gasteiger charge is 2.54. The zero-order valence-corrected chi connectivity index (χ0v) is 13.3. The van der Waals surface area contributed by atoms with E-state index < -0.39 is 49.7 Å². The lowest BCUT2D eigenvalue weighted by Gasteiger charge is -2.09. The average molecular weight is 440 g/mol. The van der Waals surface area contributed by atoms with E-state index in [-0.39, 0.29) is 6.61 Å². The molecule has 4 N–H and O–H groups in total. The highest BCUT2D eigenvalue weighted by Crippen LogP contribution is 2.28. The molecule has 0 fully saturated rings. The summed E-state index contributed by atoms with van der Waals surface area (Å²) in [6.45, 7) is 1.39. The molecule has 0 rings (SSSR count). The molecule has 0 amide bonds. The number of hydrogen-bond acceptors (Lipinski definition) is 6. The Bertz CT molecular complexity index is 525. The van der Waals surface area contributed by atoms with Crippen molar-refractivity contribution >= 4 is 20.2 Å². The van der Waals surface area contributed by atoms with Gasteiger partial charge in [0.05, 0.1) is 12.7 Å². The van der Waals surface area contributed by atoms with Gasteiger partial charge in [-0.2, -0.15) is 34.4 Å². The average Bonchev–Trinajstić information content (AvgIpc) is 2.37. The molecule has 1 atom stereocenters. The maximum atomic E-state index is 11.5. The second-order valence-electron chi connectivity index (χ2n) is 3.71. The Morgan fingerprint density at radius 2 is 0.960 bits per heavy atom. The van der Waals surface area contributed by atoms with Gasteiger partial charge in [0.15, 0.2) is 0 Å². The third kappa shape index (κ3) is 10.7. The monoisotopic (exact) mass is 440 g/mol. The lowest BCUT2D eigenvalue weighted by Crippen LogP contribution is -2.35. The first-order chi connectivity index (χ1) is 10.7. The smallest absolute Gasteiger partial charge is 0.394 e. The summed E-state index contributed by atoms with van der Waals surface area (Å²) in [5, 5.41) is 5.27. The van der Waals surface area contributed by atoms with E-state index in [4.69, 9.17) is 19.3 Å². The number of halogens is 8. The van der Waals surface area contributed by atoms with E-state index in [9.17, 15) is 52.0 Å². The highest BCUT2D eigenvalue weighted by atomic mass is 32.2. The van der Waals surface area contributed by atoms with Crippen molar-refractivity contribution in [2.24, 2.45) is 0 Å². The van der Waals surface area contributed by atoms with E-state index in [0.717, 1.165) is 0 Å². The normalized spacial score (nSPS) is 14.4. The molecule has 0 aliphatic heterocycles. The van der Waals surface area contributed by atoms with Crippen molar-refractivity contribution in [3.05, 3.63) is 0 Å². The van der Waals surface area contributed by atoms with Crippen LogP contribution in [0, 0.1) is 0 Å². The fraction of sp³-hybridized carbons (Fsp3) is 1.00. The Balaban J connectivity index is -0.000000308. The van der Waals surface area contributed by atoms with E-state index in [2.05, 4.69) is 0 Å². The predicted molar refractivity (Wildman–Crippen MR) is 63.8 cm³/mol. The maximum Gasteiger partial charge on any atom is 0.428 e. The molecular formula is C7H12F8O8S2. The van der Waals surface area contributed by atoms with Gasteiger partial charge >= 0.3 is 43.6 Å². The minimum atomic E-state index is -5.98. The summed E-state index contributed by atoms with van der Waals surface area (Å²) in [5.74, 6) is 0. The van der Waals surface area contributed by atoms with Crippen molar-refractivity contribution in [2.75, 3.05) is 6.61 Å². The van der Waals surface area contributed by atoms with Gasteiger partial charge in [-0.05, 0) is 6.92 Å². The van der Waals surface area contributed by atoms with E-state index >= 15 is 0 Å². The summed E-state index contributed by atoms with van der Waals surface area (Å²) in [5.41, 5.74) is 0. The SMILES string of the molecule is CC(O)CO.O=S(=O)(O)C(F)(F)C(F)F.O=S(=O)(O)C(F)(F)C(F)F. The van der Waals surface area contributed by atoms with Crippen molar-refractivity contribution in [1.82, 2.24) is 0 Å². The van der Waals surface area contributed by atoms with E-state index in [1.54, 1.807) is 0 Å². The van der Waals surface area contributed by atoms with Crippen LogP contribution in [0.15, 0.2) is 0 Å². The second-order valence-corrected chi connectivity index (χ2v) is 6.70. The summed E-state index contributed by atoms with van der Waals surface area (Å²) in [6, 6.07) is 0. The maximum absolute atomic E-state index is 11.5. The van der Waals surface area contributed by atoms with Crippen LogP contribution < -0.4 is 0 Å². The summed E-state index contributed by atoms with van der Waals surface area (Å²) >= 11 is 0. The molecule has 0 aromatic rings. The lowest BCUT2D eigenvalue weighted by atomic mass is 10.5. The van der Waals surface area contributed by atoms with E-state index in [1.807, 2.05) is 0 Å². The molecule has 0 heterocycles. The molecule has 0 aromatic carbocycles. The summed E-state index contributed by atoms with van der Waals surface area (Å²) < 4.78 is 143. The Kier molecular flexibility index (Phi) is 12.0. The van der Waals surface area contributed by atoms with Crippen molar-refractivity contribution in [3.63, 3.8) is 0 Å². The molecule has 0 spiro atoms.